The van der Waals surface area contributed by atoms with Crippen molar-refractivity contribution in [3.05, 3.63) is 93.0 Å². The SMILES string of the molecule is CC(C)(C#Cc1ccc(-c2ccc(Cl)c3c(NS(C)(=O)=O)nn(CC(F)(F)F)c23)c([C@H](Cc2cc(F)cc(F)c2)NC(=O)Cn2nc(C(F)(F)F)c3c2C(F)(F)[C@@H]2C[C@H]32)n1)S(=O)(=O)C1CC1. The molecule has 3 heterocycles. The van der Waals surface area contributed by atoms with Crippen LogP contribution >= 0.6 is 11.6 Å². The number of nitrogens with one attached hydrogen (secondary N) is 2. The zero-order valence-electron chi connectivity index (χ0n) is 34.3. The van der Waals surface area contributed by atoms with Crippen molar-refractivity contribution in [1.82, 2.24) is 29.9 Å². The molecule has 0 radical (unpaired) electrons. The second-order valence-corrected chi connectivity index (χ2v) is 21.8. The number of rotatable bonds is 12. The highest BCUT2D eigenvalue weighted by Gasteiger charge is 2.68. The largest absolute Gasteiger partial charge is 0.435 e. The Kier molecular flexibility index (Phi) is 11.3. The summed E-state index contributed by atoms with van der Waals surface area (Å²) >= 11 is 6.48. The number of aromatic nitrogens is 5. The number of hydrogen-bond acceptors (Lipinski definition) is 8. The number of carbonyl (C=O) groups excluding carboxylic acids is 1. The van der Waals surface area contributed by atoms with Crippen LogP contribution in [0.5, 0.6) is 0 Å². The van der Waals surface area contributed by atoms with Gasteiger partial charge < -0.3 is 5.32 Å². The van der Waals surface area contributed by atoms with Crippen molar-refractivity contribution >= 4 is 54.1 Å². The van der Waals surface area contributed by atoms with Gasteiger partial charge in [0.05, 0.1) is 39.2 Å². The van der Waals surface area contributed by atoms with Crippen molar-refractivity contribution in [2.24, 2.45) is 5.92 Å². The first-order valence-electron chi connectivity index (χ1n) is 19.8. The molecule has 0 unspecified atom stereocenters. The molecule has 0 bridgehead atoms. The summed E-state index contributed by atoms with van der Waals surface area (Å²) in [5.74, 6) is -5.19. The smallest absolute Gasteiger partial charge is 0.346 e. The average molecular weight is 994 g/mol. The van der Waals surface area contributed by atoms with Crippen molar-refractivity contribution in [3.8, 4) is 23.0 Å². The first-order chi connectivity index (χ1) is 30.4. The van der Waals surface area contributed by atoms with Crippen molar-refractivity contribution in [2.75, 3.05) is 11.0 Å². The zero-order chi connectivity index (χ0) is 48.3. The molecular weight excluding hydrogens is 960 g/mol. The molecule has 66 heavy (non-hydrogen) atoms. The van der Waals surface area contributed by atoms with Crippen LogP contribution in [-0.2, 0) is 56.3 Å². The minimum atomic E-state index is -5.19. The Labute approximate surface area is 374 Å². The monoisotopic (exact) mass is 993 g/mol. The molecule has 0 aliphatic heterocycles. The van der Waals surface area contributed by atoms with E-state index in [1.165, 1.54) is 38.1 Å². The molecule has 1 amide bonds. The van der Waals surface area contributed by atoms with E-state index in [2.05, 4.69) is 32.3 Å². The second kappa shape index (κ2) is 15.9. The topological polar surface area (TPSA) is 158 Å². The number of sulfone groups is 1. The Morgan fingerprint density at radius 1 is 0.955 bits per heavy atom. The number of alkyl halides is 8. The third-order valence-corrected chi connectivity index (χ3v) is 15.1. The van der Waals surface area contributed by atoms with E-state index in [-0.39, 0.29) is 49.6 Å². The molecule has 2 saturated carbocycles. The van der Waals surface area contributed by atoms with Gasteiger partial charge in [0.15, 0.2) is 21.3 Å². The van der Waals surface area contributed by atoms with Crippen LogP contribution in [0.2, 0.25) is 5.02 Å². The van der Waals surface area contributed by atoms with Gasteiger partial charge in [0.1, 0.15) is 40.9 Å². The lowest BCUT2D eigenvalue weighted by molar-refractivity contribution is -0.142. The zero-order valence-corrected chi connectivity index (χ0v) is 36.7. The fourth-order valence-corrected chi connectivity index (χ4v) is 10.8. The van der Waals surface area contributed by atoms with Crippen LogP contribution in [0.1, 0.15) is 79.0 Å². The molecule has 5 aromatic rings. The molecule has 25 heteroatoms. The van der Waals surface area contributed by atoms with E-state index in [0.29, 0.717) is 29.8 Å². The lowest BCUT2D eigenvalue weighted by Crippen LogP contribution is -2.35. The molecular formula is C41H34ClF10N7O5S2. The van der Waals surface area contributed by atoms with Crippen molar-refractivity contribution in [1.29, 1.82) is 0 Å². The minimum absolute atomic E-state index is 0.186. The number of anilines is 1. The van der Waals surface area contributed by atoms with E-state index < -0.39 is 131 Å². The fraction of sp³-hybridized carbons (Fsp3) is 0.415. The third kappa shape index (κ3) is 9.04. The molecule has 2 aromatic carbocycles. The summed E-state index contributed by atoms with van der Waals surface area (Å²) in [5, 5.41) is 8.43. The molecule has 0 saturated heterocycles. The first-order valence-corrected chi connectivity index (χ1v) is 23.6. The maximum atomic E-state index is 15.5. The van der Waals surface area contributed by atoms with Crippen LogP contribution in [0.25, 0.3) is 22.0 Å². The maximum absolute atomic E-state index is 15.5. The lowest BCUT2D eigenvalue weighted by Gasteiger charge is -2.23. The molecule has 352 valence electrons. The molecule has 2 fully saturated rings. The highest BCUT2D eigenvalue weighted by molar-refractivity contribution is 7.93. The van der Waals surface area contributed by atoms with E-state index in [1.807, 2.05) is 4.72 Å². The molecule has 2 N–H and O–H groups in total. The summed E-state index contributed by atoms with van der Waals surface area (Å²) in [6.07, 6.45) is -9.53. The van der Waals surface area contributed by atoms with Crippen LogP contribution in [-0.4, -0.2) is 69.7 Å². The van der Waals surface area contributed by atoms with Crippen LogP contribution < -0.4 is 10.0 Å². The van der Waals surface area contributed by atoms with Crippen LogP contribution in [0, 0.1) is 29.4 Å². The van der Waals surface area contributed by atoms with Gasteiger partial charge in [-0.05, 0) is 87.3 Å². The molecule has 3 aliphatic rings. The standard InChI is InChI=1S/C41H34ClF10N7O5S2/c1-38(2,66(63,64)23-5-6-23)11-10-22-4-7-24(25-8-9-28(42)32-34(25)59(18-39(45,46)47)56-37(32)57-65(3,61)62)33(53-22)29(14-19-12-20(43)15-21(44)13-19)54-30(60)17-58-36-31(35(55-58)41(50,51)52)26-16-27(26)40(36,48)49/h4,7-9,12-13,15,23,26-27,29H,5-6,14,16-18H2,1-3H3,(H,54,60)(H,56,57)/t26-,27+,29-/m0/s1. The van der Waals surface area contributed by atoms with E-state index in [1.54, 1.807) is 0 Å². The van der Waals surface area contributed by atoms with Gasteiger partial charge in [0, 0.05) is 28.7 Å². The summed E-state index contributed by atoms with van der Waals surface area (Å²) < 4.78 is 198. The van der Waals surface area contributed by atoms with Gasteiger partial charge in [-0.15, -0.1) is 0 Å². The normalized spacial score (nSPS) is 18.6. The lowest BCUT2D eigenvalue weighted by atomic mass is 9.93. The molecule has 3 aliphatic carbocycles. The van der Waals surface area contributed by atoms with E-state index >= 15 is 8.78 Å². The highest BCUT2D eigenvalue weighted by atomic mass is 35.5. The highest BCUT2D eigenvalue weighted by Crippen LogP contribution is 2.68. The van der Waals surface area contributed by atoms with Gasteiger partial charge in [0.25, 0.3) is 5.92 Å². The van der Waals surface area contributed by atoms with Crippen molar-refractivity contribution in [3.63, 3.8) is 0 Å². The number of benzene rings is 2. The van der Waals surface area contributed by atoms with Gasteiger partial charge in [-0.2, -0.15) is 45.3 Å². The van der Waals surface area contributed by atoms with E-state index in [4.69, 9.17) is 11.6 Å². The number of nitrogens with zero attached hydrogens (tertiary/aromatic N) is 5. The Morgan fingerprint density at radius 2 is 1.61 bits per heavy atom. The Balaban J connectivity index is 1.33. The Hall–Kier alpha value is -5.41. The number of pyridine rings is 1. The quantitative estimate of drug-likeness (QED) is 0.0936. The number of sulfonamides is 1. The average Bonchev–Trinajstić information content (AvgIpc) is 4.09. The number of carbonyl (C=O) groups is 1. The van der Waals surface area contributed by atoms with Gasteiger partial charge in [-0.25, -0.2) is 30.6 Å². The molecule has 12 nitrogen and oxygen atoms in total. The van der Waals surface area contributed by atoms with E-state index in [9.17, 15) is 56.8 Å². The second-order valence-electron chi connectivity index (χ2n) is 16.9. The molecule has 0 spiro atoms. The number of amides is 1. The van der Waals surface area contributed by atoms with Gasteiger partial charge in [-0.1, -0.05) is 23.6 Å². The van der Waals surface area contributed by atoms with Crippen LogP contribution in [0.4, 0.5) is 49.7 Å². The van der Waals surface area contributed by atoms with Gasteiger partial charge >= 0.3 is 12.4 Å². The summed E-state index contributed by atoms with van der Waals surface area (Å²) in [5.41, 5.74) is -5.08. The Bertz CT molecular complexity index is 3120. The molecule has 3 atom stereocenters. The predicted molar refractivity (Wildman–Crippen MR) is 218 cm³/mol. The summed E-state index contributed by atoms with van der Waals surface area (Å²) in [6.45, 7) is -0.375. The van der Waals surface area contributed by atoms with Gasteiger partial charge in [0.2, 0.25) is 15.9 Å². The predicted octanol–water partition coefficient (Wildman–Crippen LogP) is 8.20. The number of halogens is 11. The summed E-state index contributed by atoms with van der Waals surface area (Å²) in [7, 11) is -8.02. The van der Waals surface area contributed by atoms with Crippen molar-refractivity contribution < 1.29 is 65.5 Å². The third-order valence-electron chi connectivity index (χ3n) is 11.4. The molecule has 3 aromatic heterocycles. The van der Waals surface area contributed by atoms with Crippen LogP contribution in [0.15, 0.2) is 42.5 Å². The number of fused-ring (bicyclic) bond motifs is 4. The van der Waals surface area contributed by atoms with Crippen molar-refractivity contribution in [2.45, 2.75) is 92.9 Å². The number of hydrogen-bond donors (Lipinski definition) is 2. The maximum Gasteiger partial charge on any atom is 0.435 e. The molecule has 8 rings (SSSR count). The van der Waals surface area contributed by atoms with Gasteiger partial charge in [-0.3, -0.25) is 18.9 Å². The Morgan fingerprint density at radius 3 is 2.21 bits per heavy atom. The summed E-state index contributed by atoms with van der Waals surface area (Å²) in [6, 6.07) is 5.35. The fourth-order valence-electron chi connectivity index (χ4n) is 8.30. The van der Waals surface area contributed by atoms with Crippen LogP contribution in [0.3, 0.4) is 0 Å². The summed E-state index contributed by atoms with van der Waals surface area (Å²) in [4.78, 5) is 18.6. The minimum Gasteiger partial charge on any atom is -0.346 e. The first kappa shape index (κ1) is 47.1. The van der Waals surface area contributed by atoms with E-state index in [0.717, 1.165) is 12.1 Å².